The van der Waals surface area contributed by atoms with Gasteiger partial charge in [0.15, 0.2) is 0 Å². The molecule has 3 heterocycles. The molecule has 2 aromatic carbocycles. The van der Waals surface area contributed by atoms with E-state index in [0.717, 1.165) is 48.6 Å². The number of carbonyl (C=O) groups is 2. The van der Waals surface area contributed by atoms with E-state index >= 15 is 0 Å². The number of ether oxygens (including phenoxy) is 2. The van der Waals surface area contributed by atoms with Gasteiger partial charge in [0.05, 0.1) is 19.8 Å². The summed E-state index contributed by atoms with van der Waals surface area (Å²) in [7, 11) is 3.22. The minimum absolute atomic E-state index is 0.0559. The molecule has 2 atom stereocenters. The Labute approximate surface area is 217 Å². The number of methoxy groups -OCH3 is 2. The van der Waals surface area contributed by atoms with E-state index in [1.165, 1.54) is 0 Å². The van der Waals surface area contributed by atoms with Crippen LogP contribution in [-0.4, -0.2) is 49.1 Å². The molecule has 37 heavy (non-hydrogen) atoms. The molecule has 8 heteroatoms. The first-order valence-electron chi connectivity index (χ1n) is 12.6. The van der Waals surface area contributed by atoms with Crippen molar-refractivity contribution in [2.24, 2.45) is 0 Å². The zero-order valence-electron chi connectivity index (χ0n) is 21.4. The van der Waals surface area contributed by atoms with Crippen LogP contribution in [0.25, 0.3) is 0 Å². The molecule has 2 bridgehead atoms. The van der Waals surface area contributed by atoms with Crippen LogP contribution in [0.5, 0.6) is 11.5 Å². The predicted octanol–water partition coefficient (Wildman–Crippen LogP) is 4.59. The molecule has 0 aliphatic carbocycles. The van der Waals surface area contributed by atoms with Crippen molar-refractivity contribution in [2.45, 2.75) is 50.7 Å². The number of rotatable bonds is 7. The van der Waals surface area contributed by atoms with Gasteiger partial charge < -0.3 is 25.0 Å². The van der Waals surface area contributed by atoms with E-state index in [2.05, 4.69) is 20.5 Å². The van der Waals surface area contributed by atoms with E-state index < -0.39 is 0 Å². The fourth-order valence-electron chi connectivity index (χ4n) is 5.56. The maximum Gasteiger partial charge on any atom is 0.257 e. The number of pyridine rings is 1. The normalized spacial score (nSPS) is 20.3. The van der Waals surface area contributed by atoms with Crippen LogP contribution in [0.4, 0.5) is 11.5 Å². The maximum absolute atomic E-state index is 13.0. The molecule has 0 saturated carbocycles. The van der Waals surface area contributed by atoms with Crippen LogP contribution in [0.15, 0.2) is 60.8 Å². The van der Waals surface area contributed by atoms with Crippen molar-refractivity contribution in [2.75, 3.05) is 24.4 Å². The minimum atomic E-state index is -0.207. The number of nitrogens with one attached hydrogen (secondary N) is 2. The number of fused-ring (bicyclic) bond motifs is 2. The summed E-state index contributed by atoms with van der Waals surface area (Å²) in [6.45, 7) is 1.91. The lowest BCUT2D eigenvalue weighted by molar-refractivity contribution is 0.0925. The van der Waals surface area contributed by atoms with Crippen molar-refractivity contribution in [3.05, 3.63) is 77.5 Å². The van der Waals surface area contributed by atoms with Gasteiger partial charge in [-0.3, -0.25) is 9.59 Å². The van der Waals surface area contributed by atoms with E-state index in [1.54, 1.807) is 44.7 Å². The van der Waals surface area contributed by atoms with Crippen LogP contribution in [0, 0.1) is 6.92 Å². The monoisotopic (exact) mass is 500 g/mol. The summed E-state index contributed by atoms with van der Waals surface area (Å²) in [5.41, 5.74) is 2.70. The average molecular weight is 501 g/mol. The van der Waals surface area contributed by atoms with Crippen LogP contribution in [0.3, 0.4) is 0 Å². The molecule has 2 unspecified atom stereocenters. The summed E-state index contributed by atoms with van der Waals surface area (Å²) in [6.07, 6.45) is 5.50. The molecule has 3 aromatic rings. The quantitative estimate of drug-likeness (QED) is 0.493. The lowest BCUT2D eigenvalue weighted by Gasteiger charge is -2.40. The topological polar surface area (TPSA) is 92.8 Å². The number of anilines is 2. The zero-order valence-corrected chi connectivity index (χ0v) is 21.4. The van der Waals surface area contributed by atoms with Crippen molar-refractivity contribution in [3.63, 3.8) is 0 Å². The van der Waals surface area contributed by atoms with Gasteiger partial charge in [0, 0.05) is 41.1 Å². The molecular weight excluding hydrogens is 468 g/mol. The van der Waals surface area contributed by atoms with Crippen molar-refractivity contribution >= 4 is 23.3 Å². The third kappa shape index (κ3) is 5.09. The van der Waals surface area contributed by atoms with Gasteiger partial charge in [-0.2, -0.15) is 0 Å². The molecule has 8 nitrogen and oxygen atoms in total. The first-order chi connectivity index (χ1) is 18.0. The summed E-state index contributed by atoms with van der Waals surface area (Å²) in [6, 6.07) is 17.2. The third-order valence-corrected chi connectivity index (χ3v) is 7.44. The number of hydrogen-bond acceptors (Lipinski definition) is 6. The first-order valence-corrected chi connectivity index (χ1v) is 12.6. The molecule has 2 fully saturated rings. The molecule has 0 radical (unpaired) electrons. The average Bonchev–Trinajstić information content (AvgIpc) is 3.19. The molecule has 2 aliphatic rings. The summed E-state index contributed by atoms with van der Waals surface area (Å²) in [5.74, 6) is 2.06. The number of aromatic nitrogens is 1. The fourth-order valence-corrected chi connectivity index (χ4v) is 5.56. The summed E-state index contributed by atoms with van der Waals surface area (Å²) >= 11 is 0. The maximum atomic E-state index is 13.0. The Hall–Kier alpha value is -4.07. The fraction of sp³-hybridized carbons (Fsp3) is 0.345. The van der Waals surface area contributed by atoms with Gasteiger partial charge in [0.1, 0.15) is 17.3 Å². The van der Waals surface area contributed by atoms with Gasteiger partial charge >= 0.3 is 0 Å². The highest BCUT2D eigenvalue weighted by atomic mass is 16.5. The van der Waals surface area contributed by atoms with Crippen LogP contribution in [0.1, 0.15) is 52.0 Å². The summed E-state index contributed by atoms with van der Waals surface area (Å²) in [5, 5.41) is 6.14. The second-order valence-electron chi connectivity index (χ2n) is 9.65. The van der Waals surface area contributed by atoms with Crippen LogP contribution in [0.2, 0.25) is 0 Å². The summed E-state index contributed by atoms with van der Waals surface area (Å²) < 4.78 is 10.5. The summed E-state index contributed by atoms with van der Waals surface area (Å²) in [4.78, 5) is 32.7. The van der Waals surface area contributed by atoms with Crippen molar-refractivity contribution in [1.29, 1.82) is 0 Å². The van der Waals surface area contributed by atoms with Gasteiger partial charge in [-0.1, -0.05) is 6.07 Å². The molecule has 0 spiro atoms. The van der Waals surface area contributed by atoms with Crippen LogP contribution in [-0.2, 0) is 0 Å². The third-order valence-electron chi connectivity index (χ3n) is 7.44. The highest BCUT2D eigenvalue weighted by molar-refractivity contribution is 6.04. The van der Waals surface area contributed by atoms with Crippen molar-refractivity contribution in [3.8, 4) is 11.5 Å². The molecule has 5 rings (SSSR count). The van der Waals surface area contributed by atoms with Crippen molar-refractivity contribution in [1.82, 2.24) is 10.3 Å². The molecule has 2 N–H and O–H groups in total. The Kier molecular flexibility index (Phi) is 6.99. The van der Waals surface area contributed by atoms with E-state index in [0.29, 0.717) is 28.9 Å². The second kappa shape index (κ2) is 10.5. The van der Waals surface area contributed by atoms with E-state index in [-0.39, 0.29) is 17.9 Å². The highest BCUT2D eigenvalue weighted by Crippen LogP contribution is 2.38. The second-order valence-corrected chi connectivity index (χ2v) is 9.65. The van der Waals surface area contributed by atoms with Gasteiger partial charge in [0.2, 0.25) is 0 Å². The predicted molar refractivity (Wildman–Crippen MR) is 143 cm³/mol. The minimum Gasteiger partial charge on any atom is -0.497 e. The van der Waals surface area contributed by atoms with Crippen LogP contribution >= 0.6 is 0 Å². The Morgan fingerprint density at radius 2 is 1.65 bits per heavy atom. The van der Waals surface area contributed by atoms with Gasteiger partial charge in [0.25, 0.3) is 11.8 Å². The molecule has 2 aliphatic heterocycles. The Morgan fingerprint density at radius 1 is 0.919 bits per heavy atom. The van der Waals surface area contributed by atoms with Crippen LogP contribution < -0.4 is 25.0 Å². The number of amides is 2. The molecule has 192 valence electrons. The lowest BCUT2D eigenvalue weighted by atomic mass is 9.96. The van der Waals surface area contributed by atoms with Gasteiger partial charge in [-0.25, -0.2) is 4.98 Å². The SMILES string of the molecule is COc1ccc(NC(=O)c2ccc(N3C4CCC3CC(NC(=O)c3cccc(OC)c3C)C4)nc2)cc1. The van der Waals surface area contributed by atoms with E-state index in [9.17, 15) is 9.59 Å². The lowest BCUT2D eigenvalue weighted by Crippen LogP contribution is -2.50. The highest BCUT2D eigenvalue weighted by Gasteiger charge is 2.42. The number of carbonyl (C=O) groups excluding carboxylic acids is 2. The van der Waals surface area contributed by atoms with E-state index in [4.69, 9.17) is 9.47 Å². The smallest absolute Gasteiger partial charge is 0.257 e. The molecule has 2 amide bonds. The number of nitrogens with zero attached hydrogens (tertiary/aromatic N) is 2. The molecular formula is C29H32N4O4. The van der Waals surface area contributed by atoms with E-state index in [1.807, 2.05) is 37.3 Å². The standard InChI is InChI=1S/C29H32N4O4/c1-18-25(5-4-6-26(18)37-3)29(35)32-21-15-22-10-11-23(16-21)33(22)27-14-7-19(17-30-27)28(34)31-20-8-12-24(36-2)13-9-20/h4-9,12-14,17,21-23H,10-11,15-16H2,1-3H3,(H,31,34)(H,32,35). The molecule has 2 saturated heterocycles. The number of benzene rings is 2. The number of hydrogen-bond donors (Lipinski definition) is 2. The molecule has 1 aromatic heterocycles. The largest absolute Gasteiger partial charge is 0.497 e. The Bertz CT molecular complexity index is 1260. The first kappa shape index (κ1) is 24.6. The van der Waals surface area contributed by atoms with Crippen molar-refractivity contribution < 1.29 is 19.1 Å². The Balaban J connectivity index is 1.21. The number of piperidine rings is 1. The Morgan fingerprint density at radius 3 is 2.27 bits per heavy atom. The van der Waals surface area contributed by atoms with Gasteiger partial charge in [-0.15, -0.1) is 0 Å². The van der Waals surface area contributed by atoms with Gasteiger partial charge in [-0.05, 0) is 81.1 Å². The zero-order chi connectivity index (χ0) is 25.9.